The van der Waals surface area contributed by atoms with Crippen LogP contribution in [0.5, 0.6) is 0 Å². The summed E-state index contributed by atoms with van der Waals surface area (Å²) in [6, 6.07) is 2.30. The van der Waals surface area contributed by atoms with Crippen molar-refractivity contribution < 1.29 is 18.0 Å². The van der Waals surface area contributed by atoms with Crippen LogP contribution in [-0.2, 0) is 17.5 Å². The summed E-state index contributed by atoms with van der Waals surface area (Å²) in [5, 5.41) is 1.50. The van der Waals surface area contributed by atoms with E-state index >= 15 is 0 Å². The highest BCUT2D eigenvalue weighted by Gasteiger charge is 2.30. The Morgan fingerprint density at radius 1 is 1.45 bits per heavy atom. The van der Waals surface area contributed by atoms with Crippen LogP contribution in [0.3, 0.4) is 0 Å². The van der Waals surface area contributed by atoms with Crippen molar-refractivity contribution in [3.8, 4) is 0 Å². The van der Waals surface area contributed by atoms with Gasteiger partial charge < -0.3 is 0 Å². The molecule has 4 nitrogen and oxygen atoms in total. The molecule has 1 aliphatic rings. The molecule has 1 heterocycles. The molecular formula is C13H16F3N3O. The molecule has 0 aliphatic heterocycles. The molecule has 1 aromatic rings. The van der Waals surface area contributed by atoms with Gasteiger partial charge in [-0.1, -0.05) is 0 Å². The Morgan fingerprint density at radius 2 is 2.15 bits per heavy atom. The molecule has 0 atom stereocenters. The number of pyridine rings is 1. The van der Waals surface area contributed by atoms with E-state index in [2.05, 4.69) is 10.4 Å². The minimum atomic E-state index is -4.38. The van der Waals surface area contributed by atoms with Gasteiger partial charge in [-0.15, -0.1) is 0 Å². The fraction of sp³-hybridized carbons (Fsp3) is 0.538. The van der Waals surface area contributed by atoms with Crippen LogP contribution in [-0.4, -0.2) is 22.4 Å². The van der Waals surface area contributed by atoms with Crippen molar-refractivity contribution in [3.05, 3.63) is 29.6 Å². The predicted octanol–water partition coefficient (Wildman–Crippen LogP) is 2.36. The van der Waals surface area contributed by atoms with Gasteiger partial charge in [-0.05, 0) is 30.9 Å². The summed E-state index contributed by atoms with van der Waals surface area (Å²) in [7, 11) is 0. The third-order valence-electron chi connectivity index (χ3n) is 3.12. The lowest BCUT2D eigenvalue weighted by atomic mass is 10.2. The topological polar surface area (TPSA) is 45.2 Å². The molecular weight excluding hydrogens is 271 g/mol. The van der Waals surface area contributed by atoms with Gasteiger partial charge in [-0.2, -0.15) is 13.2 Å². The van der Waals surface area contributed by atoms with E-state index in [1.165, 1.54) is 18.0 Å². The van der Waals surface area contributed by atoms with E-state index in [0.717, 1.165) is 25.1 Å². The molecule has 1 saturated carbocycles. The molecule has 2 rings (SSSR count). The number of hydrogen-bond acceptors (Lipinski definition) is 3. The molecule has 1 fully saturated rings. The number of halogens is 3. The monoisotopic (exact) mass is 287 g/mol. The normalized spacial score (nSPS) is 15.2. The fourth-order valence-electron chi connectivity index (χ4n) is 1.74. The van der Waals surface area contributed by atoms with Crippen molar-refractivity contribution in [1.29, 1.82) is 0 Å². The van der Waals surface area contributed by atoms with Crippen LogP contribution in [0.15, 0.2) is 18.3 Å². The van der Waals surface area contributed by atoms with Gasteiger partial charge in [0.15, 0.2) is 0 Å². The number of alkyl halides is 3. The Morgan fingerprint density at radius 3 is 2.60 bits per heavy atom. The number of rotatable bonds is 5. The quantitative estimate of drug-likeness (QED) is 0.846. The number of nitrogens with zero attached hydrogens (tertiary/aromatic N) is 2. The van der Waals surface area contributed by atoms with Gasteiger partial charge in [0, 0.05) is 19.7 Å². The van der Waals surface area contributed by atoms with Crippen LogP contribution < -0.4 is 5.43 Å². The molecule has 0 spiro atoms. The van der Waals surface area contributed by atoms with E-state index in [4.69, 9.17) is 0 Å². The second-order valence-electron chi connectivity index (χ2n) is 4.94. The smallest absolute Gasteiger partial charge is 0.278 e. The molecule has 0 unspecified atom stereocenters. The molecule has 110 valence electrons. The fourth-order valence-corrected chi connectivity index (χ4v) is 1.74. The average molecular weight is 287 g/mol. The van der Waals surface area contributed by atoms with Crippen molar-refractivity contribution in [3.63, 3.8) is 0 Å². The van der Waals surface area contributed by atoms with Crippen LogP contribution in [0.25, 0.3) is 0 Å². The van der Waals surface area contributed by atoms with Gasteiger partial charge in [0.1, 0.15) is 0 Å². The standard InChI is InChI=1S/C13H16F3N3O/c1-9(20)19(8-10-2-3-10)18-7-12-5-4-11(6-17-12)13(14,15)16/h4-6,10,18H,2-3,7-8H2,1H3. The van der Waals surface area contributed by atoms with Crippen LogP contribution in [0.4, 0.5) is 13.2 Å². The molecule has 0 radical (unpaired) electrons. The van der Waals surface area contributed by atoms with Gasteiger partial charge in [0.2, 0.25) is 5.91 Å². The molecule has 1 aromatic heterocycles. The molecule has 7 heteroatoms. The highest BCUT2D eigenvalue weighted by atomic mass is 19.4. The summed E-state index contributed by atoms with van der Waals surface area (Å²) >= 11 is 0. The van der Waals surface area contributed by atoms with Crippen LogP contribution in [0.1, 0.15) is 31.0 Å². The lowest BCUT2D eigenvalue weighted by Crippen LogP contribution is -2.42. The van der Waals surface area contributed by atoms with Crippen molar-refractivity contribution >= 4 is 5.91 Å². The predicted molar refractivity (Wildman–Crippen MR) is 66.2 cm³/mol. The molecule has 1 aliphatic carbocycles. The van der Waals surface area contributed by atoms with Crippen LogP contribution in [0.2, 0.25) is 0 Å². The first kappa shape index (κ1) is 14.8. The highest BCUT2D eigenvalue weighted by molar-refractivity contribution is 5.72. The number of carbonyl (C=O) groups is 1. The zero-order valence-corrected chi connectivity index (χ0v) is 11.1. The van der Waals surface area contributed by atoms with Crippen molar-refractivity contribution in [1.82, 2.24) is 15.4 Å². The minimum absolute atomic E-state index is 0.108. The molecule has 20 heavy (non-hydrogen) atoms. The third kappa shape index (κ3) is 4.19. The van der Waals surface area contributed by atoms with E-state index in [9.17, 15) is 18.0 Å². The number of hydrazine groups is 1. The zero-order valence-electron chi connectivity index (χ0n) is 11.1. The molecule has 1 amide bonds. The summed E-state index contributed by atoms with van der Waals surface area (Å²) < 4.78 is 37.1. The van der Waals surface area contributed by atoms with Crippen molar-refractivity contribution in [2.24, 2.45) is 5.92 Å². The maximum atomic E-state index is 12.4. The van der Waals surface area contributed by atoms with Gasteiger partial charge in [-0.25, -0.2) is 5.43 Å². The lowest BCUT2D eigenvalue weighted by molar-refractivity contribution is -0.137. The van der Waals surface area contributed by atoms with E-state index in [-0.39, 0.29) is 12.5 Å². The maximum Gasteiger partial charge on any atom is 0.417 e. The minimum Gasteiger partial charge on any atom is -0.278 e. The highest BCUT2D eigenvalue weighted by Crippen LogP contribution is 2.29. The number of amides is 1. The van der Waals surface area contributed by atoms with E-state index in [0.29, 0.717) is 18.2 Å². The van der Waals surface area contributed by atoms with Crippen molar-refractivity contribution in [2.45, 2.75) is 32.5 Å². The summed E-state index contributed by atoms with van der Waals surface area (Å²) in [5.74, 6) is 0.427. The summed E-state index contributed by atoms with van der Waals surface area (Å²) in [6.45, 7) is 2.32. The zero-order chi connectivity index (χ0) is 14.8. The lowest BCUT2D eigenvalue weighted by Gasteiger charge is -2.21. The SMILES string of the molecule is CC(=O)N(CC1CC1)NCc1ccc(C(F)(F)F)cn1. The second-order valence-corrected chi connectivity index (χ2v) is 4.94. The summed E-state index contributed by atoms with van der Waals surface area (Å²) in [6.07, 6.45) is -1.35. The number of carbonyl (C=O) groups excluding carboxylic acids is 1. The molecule has 0 aromatic carbocycles. The van der Waals surface area contributed by atoms with Crippen molar-refractivity contribution in [2.75, 3.05) is 6.54 Å². The first-order valence-corrected chi connectivity index (χ1v) is 6.40. The molecule has 0 bridgehead atoms. The van der Waals surface area contributed by atoms with Gasteiger partial charge in [-0.3, -0.25) is 14.8 Å². The Balaban J connectivity index is 1.90. The summed E-state index contributed by atoms with van der Waals surface area (Å²) in [4.78, 5) is 15.2. The van der Waals surface area contributed by atoms with Crippen LogP contribution in [0, 0.1) is 5.92 Å². The number of aromatic nitrogens is 1. The van der Waals surface area contributed by atoms with Gasteiger partial charge in [0.25, 0.3) is 0 Å². The second kappa shape index (κ2) is 5.78. The number of nitrogens with one attached hydrogen (secondary N) is 1. The Hall–Kier alpha value is -1.63. The first-order valence-electron chi connectivity index (χ1n) is 6.40. The van der Waals surface area contributed by atoms with E-state index in [1.807, 2.05) is 0 Å². The van der Waals surface area contributed by atoms with Gasteiger partial charge >= 0.3 is 6.18 Å². The Bertz CT molecular complexity index is 469. The molecule has 1 N–H and O–H groups in total. The molecule has 0 saturated heterocycles. The van der Waals surface area contributed by atoms with E-state index < -0.39 is 11.7 Å². The van der Waals surface area contributed by atoms with Crippen LogP contribution >= 0.6 is 0 Å². The summed E-state index contributed by atoms with van der Waals surface area (Å²) in [5.41, 5.74) is 2.59. The maximum absolute atomic E-state index is 12.4. The Labute approximate surface area is 115 Å². The Kier molecular flexibility index (Phi) is 4.27. The van der Waals surface area contributed by atoms with Gasteiger partial charge in [0.05, 0.1) is 17.8 Å². The average Bonchev–Trinajstić information content (AvgIpc) is 3.17. The largest absolute Gasteiger partial charge is 0.417 e. The number of hydrogen-bond donors (Lipinski definition) is 1. The van der Waals surface area contributed by atoms with E-state index in [1.54, 1.807) is 0 Å². The third-order valence-corrected chi connectivity index (χ3v) is 3.12. The first-order chi connectivity index (χ1) is 9.36.